The molecule has 0 bridgehead atoms. The lowest BCUT2D eigenvalue weighted by atomic mass is 9.92. The van der Waals surface area contributed by atoms with Gasteiger partial charge >= 0.3 is 6.09 Å². The van der Waals surface area contributed by atoms with Gasteiger partial charge in [0, 0.05) is 16.5 Å². The number of benzene rings is 1. The molecule has 2 rings (SSSR count). The molecule has 0 saturated heterocycles. The van der Waals surface area contributed by atoms with Crippen LogP contribution >= 0.6 is 0 Å². The monoisotopic (exact) mass is 231 g/mol. The molecule has 1 heterocycles. The summed E-state index contributed by atoms with van der Waals surface area (Å²) in [4.78, 5) is 11.5. The topological polar surface area (TPSA) is 42.2 Å². The maximum atomic E-state index is 11.5. The Kier molecular flexibility index (Phi) is 2.49. The van der Waals surface area contributed by atoms with E-state index in [2.05, 4.69) is 0 Å². The van der Waals surface area contributed by atoms with Gasteiger partial charge in [0.25, 0.3) is 0 Å². The van der Waals surface area contributed by atoms with Crippen molar-refractivity contribution in [1.29, 1.82) is 0 Å². The number of fused-ring (bicyclic) bond motifs is 1. The van der Waals surface area contributed by atoms with Crippen LogP contribution in [-0.2, 0) is 5.41 Å². The number of para-hydroxylation sites is 1. The summed E-state index contributed by atoms with van der Waals surface area (Å²) in [5.74, 6) is 0. The Morgan fingerprint density at radius 2 is 1.94 bits per heavy atom. The first-order valence-electron chi connectivity index (χ1n) is 5.67. The highest BCUT2D eigenvalue weighted by molar-refractivity contribution is 5.92. The summed E-state index contributed by atoms with van der Waals surface area (Å²) in [6.07, 6.45) is -0.917. The lowest BCUT2D eigenvalue weighted by Crippen LogP contribution is -2.21. The first-order valence-corrected chi connectivity index (χ1v) is 5.67. The first kappa shape index (κ1) is 11.7. The standard InChI is InChI=1S/C14H17NO2/c1-9-6-5-7-10-8-11(14(2,3)4)15(12(9)10)13(16)17/h5-8H,1-4H3,(H,16,17). The molecule has 0 fully saturated rings. The molecule has 2 aromatic rings. The van der Waals surface area contributed by atoms with Gasteiger partial charge in [0.1, 0.15) is 0 Å². The third-order valence-corrected chi connectivity index (χ3v) is 2.99. The Bertz CT molecular complexity index is 588. The van der Waals surface area contributed by atoms with Gasteiger partial charge in [0.05, 0.1) is 5.52 Å². The summed E-state index contributed by atoms with van der Waals surface area (Å²) in [6, 6.07) is 7.82. The van der Waals surface area contributed by atoms with Crippen molar-refractivity contribution >= 4 is 17.0 Å². The average Bonchev–Trinajstić information content (AvgIpc) is 2.57. The van der Waals surface area contributed by atoms with Crippen LogP contribution < -0.4 is 0 Å². The molecule has 0 radical (unpaired) electrons. The van der Waals surface area contributed by atoms with Crippen LogP contribution in [0.15, 0.2) is 24.3 Å². The molecule has 0 aliphatic carbocycles. The summed E-state index contributed by atoms with van der Waals surface area (Å²) in [5, 5.41) is 10.4. The number of aryl methyl sites for hydroxylation is 1. The number of aromatic nitrogens is 1. The number of nitrogens with zero attached hydrogens (tertiary/aromatic N) is 1. The minimum absolute atomic E-state index is 0.191. The van der Waals surface area contributed by atoms with Crippen LogP contribution in [0.5, 0.6) is 0 Å². The fraction of sp³-hybridized carbons (Fsp3) is 0.357. The van der Waals surface area contributed by atoms with Crippen molar-refractivity contribution in [3.05, 3.63) is 35.5 Å². The van der Waals surface area contributed by atoms with Crippen molar-refractivity contribution < 1.29 is 9.90 Å². The van der Waals surface area contributed by atoms with Crippen molar-refractivity contribution in [3.63, 3.8) is 0 Å². The normalized spacial score (nSPS) is 12.0. The SMILES string of the molecule is Cc1cccc2cc(C(C)(C)C)n(C(=O)O)c12. The Hall–Kier alpha value is -1.77. The molecule has 90 valence electrons. The molecule has 1 N–H and O–H groups in total. The summed E-state index contributed by atoms with van der Waals surface area (Å²) in [6.45, 7) is 8.01. The average molecular weight is 231 g/mol. The number of hydrogen-bond acceptors (Lipinski definition) is 1. The molecule has 0 amide bonds. The van der Waals surface area contributed by atoms with Crippen molar-refractivity contribution in [2.24, 2.45) is 0 Å². The second kappa shape index (κ2) is 3.62. The second-order valence-corrected chi connectivity index (χ2v) is 5.41. The highest BCUT2D eigenvalue weighted by Crippen LogP contribution is 2.30. The van der Waals surface area contributed by atoms with Gasteiger partial charge in [0.15, 0.2) is 0 Å². The van der Waals surface area contributed by atoms with E-state index in [1.54, 1.807) is 0 Å². The number of rotatable bonds is 0. The van der Waals surface area contributed by atoms with Gasteiger partial charge in [-0.2, -0.15) is 0 Å². The lowest BCUT2D eigenvalue weighted by Gasteiger charge is -2.19. The van der Waals surface area contributed by atoms with Gasteiger partial charge in [-0.3, -0.25) is 0 Å². The van der Waals surface area contributed by atoms with E-state index in [0.717, 1.165) is 22.2 Å². The molecule has 0 unspecified atom stereocenters. The highest BCUT2D eigenvalue weighted by Gasteiger charge is 2.24. The van der Waals surface area contributed by atoms with Gasteiger partial charge in [-0.05, 0) is 18.6 Å². The Morgan fingerprint density at radius 3 is 2.47 bits per heavy atom. The van der Waals surface area contributed by atoms with E-state index in [1.807, 2.05) is 52.0 Å². The summed E-state index contributed by atoms with van der Waals surface area (Å²) in [5.41, 5.74) is 2.42. The molecule has 3 nitrogen and oxygen atoms in total. The number of carbonyl (C=O) groups is 1. The van der Waals surface area contributed by atoms with Crippen LogP contribution in [0.1, 0.15) is 32.0 Å². The summed E-state index contributed by atoms with van der Waals surface area (Å²) >= 11 is 0. The van der Waals surface area contributed by atoms with Crippen LogP contribution in [0.25, 0.3) is 10.9 Å². The van der Waals surface area contributed by atoms with Crippen LogP contribution in [0, 0.1) is 6.92 Å². The molecular formula is C14H17NO2. The van der Waals surface area contributed by atoms with E-state index in [-0.39, 0.29) is 5.41 Å². The lowest BCUT2D eigenvalue weighted by molar-refractivity contribution is 0.195. The molecule has 0 aliphatic heterocycles. The van der Waals surface area contributed by atoms with E-state index in [0.29, 0.717) is 0 Å². The minimum Gasteiger partial charge on any atom is -0.464 e. The number of carboxylic acid groups (broad SMARTS) is 1. The predicted octanol–water partition coefficient (Wildman–Crippen LogP) is 3.77. The molecule has 1 aromatic heterocycles. The van der Waals surface area contributed by atoms with E-state index in [9.17, 15) is 9.90 Å². The molecule has 3 heteroatoms. The second-order valence-electron chi connectivity index (χ2n) is 5.41. The zero-order valence-electron chi connectivity index (χ0n) is 10.6. The first-order chi connectivity index (χ1) is 7.82. The fourth-order valence-electron chi connectivity index (χ4n) is 2.19. The molecule has 0 aliphatic rings. The Labute approximate surface area is 101 Å². The quantitative estimate of drug-likeness (QED) is 0.749. The summed E-state index contributed by atoms with van der Waals surface area (Å²) in [7, 11) is 0. The molecule has 0 atom stereocenters. The highest BCUT2D eigenvalue weighted by atomic mass is 16.4. The Balaban J connectivity index is 2.91. The summed E-state index contributed by atoms with van der Waals surface area (Å²) < 4.78 is 1.41. The third kappa shape index (κ3) is 1.82. The maximum absolute atomic E-state index is 11.5. The smallest absolute Gasteiger partial charge is 0.416 e. The fourth-order valence-corrected chi connectivity index (χ4v) is 2.19. The van der Waals surface area contributed by atoms with E-state index in [4.69, 9.17) is 0 Å². The van der Waals surface area contributed by atoms with Crippen molar-refractivity contribution in [2.45, 2.75) is 33.1 Å². The van der Waals surface area contributed by atoms with Gasteiger partial charge in [-0.1, -0.05) is 39.0 Å². The van der Waals surface area contributed by atoms with Gasteiger partial charge in [-0.15, -0.1) is 0 Å². The maximum Gasteiger partial charge on any atom is 0.416 e. The van der Waals surface area contributed by atoms with Gasteiger partial charge < -0.3 is 5.11 Å². The van der Waals surface area contributed by atoms with E-state index in [1.165, 1.54) is 4.57 Å². The minimum atomic E-state index is -0.917. The molecule has 1 aromatic carbocycles. The third-order valence-electron chi connectivity index (χ3n) is 2.99. The zero-order valence-corrected chi connectivity index (χ0v) is 10.6. The van der Waals surface area contributed by atoms with Crippen molar-refractivity contribution in [2.75, 3.05) is 0 Å². The predicted molar refractivity (Wildman–Crippen MR) is 68.8 cm³/mol. The number of hydrogen-bond donors (Lipinski definition) is 1. The van der Waals surface area contributed by atoms with E-state index >= 15 is 0 Å². The van der Waals surface area contributed by atoms with Crippen LogP contribution in [-0.4, -0.2) is 15.8 Å². The largest absolute Gasteiger partial charge is 0.464 e. The molecule has 0 saturated carbocycles. The van der Waals surface area contributed by atoms with Gasteiger partial charge in [-0.25, -0.2) is 9.36 Å². The molecule has 17 heavy (non-hydrogen) atoms. The molecular weight excluding hydrogens is 214 g/mol. The zero-order chi connectivity index (χ0) is 12.8. The van der Waals surface area contributed by atoms with E-state index < -0.39 is 6.09 Å². The van der Waals surface area contributed by atoms with Crippen molar-refractivity contribution in [3.8, 4) is 0 Å². The van der Waals surface area contributed by atoms with Crippen LogP contribution in [0.4, 0.5) is 4.79 Å². The van der Waals surface area contributed by atoms with Gasteiger partial charge in [0.2, 0.25) is 0 Å². The Morgan fingerprint density at radius 1 is 1.29 bits per heavy atom. The van der Waals surface area contributed by atoms with Crippen LogP contribution in [0.2, 0.25) is 0 Å². The van der Waals surface area contributed by atoms with Crippen molar-refractivity contribution in [1.82, 2.24) is 4.57 Å². The molecule has 0 spiro atoms. The van der Waals surface area contributed by atoms with Crippen LogP contribution in [0.3, 0.4) is 0 Å².